The molecule has 1 atom stereocenters. The number of rotatable bonds is 6. The van der Waals surface area contributed by atoms with Gasteiger partial charge in [0.05, 0.1) is 13.0 Å². The summed E-state index contributed by atoms with van der Waals surface area (Å²) in [5.74, 6) is -2.09. The number of unbranched alkanes of at least 4 members (excludes halogenated alkanes) is 1. The van der Waals surface area contributed by atoms with Crippen LogP contribution in [0.5, 0.6) is 0 Å². The molecule has 0 aromatic carbocycles. The zero-order chi connectivity index (χ0) is 10.3. The van der Waals surface area contributed by atoms with Crippen molar-refractivity contribution in [2.24, 2.45) is 0 Å². The van der Waals surface area contributed by atoms with Crippen molar-refractivity contribution in [1.29, 1.82) is 0 Å². The van der Waals surface area contributed by atoms with E-state index < -0.39 is 24.5 Å². The van der Waals surface area contributed by atoms with Gasteiger partial charge in [0.25, 0.3) is 0 Å². The van der Waals surface area contributed by atoms with E-state index in [-0.39, 0.29) is 6.61 Å². The predicted octanol–water partition coefficient (Wildman–Crippen LogP) is 0.165. The molecule has 13 heavy (non-hydrogen) atoms. The fraction of sp³-hybridized carbons (Fsp3) is 0.750. The molecule has 0 fully saturated rings. The number of esters is 1. The van der Waals surface area contributed by atoms with Crippen molar-refractivity contribution in [3.05, 3.63) is 0 Å². The molecule has 0 rings (SSSR count). The van der Waals surface area contributed by atoms with Crippen molar-refractivity contribution in [3.63, 3.8) is 0 Å². The van der Waals surface area contributed by atoms with E-state index in [9.17, 15) is 9.59 Å². The summed E-state index contributed by atoms with van der Waals surface area (Å²) in [6.45, 7) is 2.16. The van der Waals surface area contributed by atoms with Gasteiger partial charge in [-0.15, -0.1) is 0 Å². The lowest BCUT2D eigenvalue weighted by molar-refractivity contribution is -0.158. The first kappa shape index (κ1) is 11.9. The van der Waals surface area contributed by atoms with Crippen molar-refractivity contribution in [3.8, 4) is 0 Å². The van der Waals surface area contributed by atoms with Crippen LogP contribution in [0.25, 0.3) is 0 Å². The van der Waals surface area contributed by atoms with E-state index in [4.69, 9.17) is 10.2 Å². The molecule has 0 unspecified atom stereocenters. The van der Waals surface area contributed by atoms with E-state index in [0.717, 1.165) is 6.42 Å². The van der Waals surface area contributed by atoms with Crippen LogP contribution in [0.4, 0.5) is 0 Å². The summed E-state index contributed by atoms with van der Waals surface area (Å²) in [4.78, 5) is 20.9. The fourth-order valence-electron chi connectivity index (χ4n) is 0.662. The van der Waals surface area contributed by atoms with Crippen molar-refractivity contribution in [2.45, 2.75) is 32.3 Å². The molecule has 0 aliphatic heterocycles. The molecule has 76 valence electrons. The highest BCUT2D eigenvalue weighted by Gasteiger charge is 2.19. The van der Waals surface area contributed by atoms with Gasteiger partial charge < -0.3 is 14.9 Å². The molecule has 0 spiro atoms. The van der Waals surface area contributed by atoms with Gasteiger partial charge in [0, 0.05) is 0 Å². The zero-order valence-corrected chi connectivity index (χ0v) is 7.52. The van der Waals surface area contributed by atoms with E-state index >= 15 is 0 Å². The van der Waals surface area contributed by atoms with Gasteiger partial charge >= 0.3 is 11.9 Å². The van der Waals surface area contributed by atoms with Gasteiger partial charge in [-0.3, -0.25) is 4.79 Å². The van der Waals surface area contributed by atoms with Gasteiger partial charge in [-0.1, -0.05) is 13.3 Å². The highest BCUT2D eigenvalue weighted by atomic mass is 16.5. The van der Waals surface area contributed by atoms with Crippen LogP contribution in [-0.4, -0.2) is 34.9 Å². The Morgan fingerprint density at radius 1 is 1.46 bits per heavy atom. The number of hydrogen-bond acceptors (Lipinski definition) is 4. The number of aliphatic hydroxyl groups excluding tert-OH is 1. The normalized spacial score (nSPS) is 12.2. The van der Waals surface area contributed by atoms with Crippen LogP contribution in [-0.2, 0) is 14.3 Å². The Morgan fingerprint density at radius 3 is 2.54 bits per heavy atom. The van der Waals surface area contributed by atoms with Crippen molar-refractivity contribution in [1.82, 2.24) is 0 Å². The summed E-state index contributed by atoms with van der Waals surface area (Å²) in [5.41, 5.74) is 0. The van der Waals surface area contributed by atoms with E-state index in [1.807, 2.05) is 6.92 Å². The molecule has 0 aliphatic rings. The number of ether oxygens (including phenoxy) is 1. The summed E-state index contributed by atoms with van der Waals surface area (Å²) >= 11 is 0. The molecular weight excluding hydrogens is 176 g/mol. The number of carbonyl (C=O) groups is 2. The zero-order valence-electron chi connectivity index (χ0n) is 7.52. The SMILES string of the molecule is CCCCOC(=O)[C@@H](O)CC(=O)O. The largest absolute Gasteiger partial charge is 0.481 e. The van der Waals surface area contributed by atoms with Gasteiger partial charge in [-0.25, -0.2) is 4.79 Å². The fourth-order valence-corrected chi connectivity index (χ4v) is 0.662. The summed E-state index contributed by atoms with van der Waals surface area (Å²) < 4.78 is 4.59. The summed E-state index contributed by atoms with van der Waals surface area (Å²) in [7, 11) is 0. The minimum Gasteiger partial charge on any atom is -0.481 e. The quantitative estimate of drug-likeness (QED) is 0.460. The number of carbonyl (C=O) groups excluding carboxylic acids is 1. The topological polar surface area (TPSA) is 83.8 Å². The summed E-state index contributed by atoms with van der Waals surface area (Å²) in [6.07, 6.45) is -0.562. The average Bonchev–Trinajstić information content (AvgIpc) is 2.03. The Labute approximate surface area is 76.3 Å². The van der Waals surface area contributed by atoms with Gasteiger partial charge in [-0.2, -0.15) is 0 Å². The van der Waals surface area contributed by atoms with Gasteiger partial charge in [0.2, 0.25) is 0 Å². The molecule has 5 heteroatoms. The Balaban J connectivity index is 3.63. The van der Waals surface area contributed by atoms with E-state index in [2.05, 4.69) is 4.74 Å². The molecule has 0 aliphatic carbocycles. The molecule has 0 radical (unpaired) electrons. The third-order valence-corrected chi connectivity index (χ3v) is 1.38. The number of carboxylic acid groups (broad SMARTS) is 1. The van der Waals surface area contributed by atoms with E-state index in [1.165, 1.54) is 0 Å². The highest BCUT2D eigenvalue weighted by Crippen LogP contribution is 1.97. The second kappa shape index (κ2) is 6.42. The molecule has 5 nitrogen and oxygen atoms in total. The van der Waals surface area contributed by atoms with Crippen LogP contribution in [0.15, 0.2) is 0 Å². The van der Waals surface area contributed by atoms with Crippen LogP contribution in [0, 0.1) is 0 Å². The molecule has 0 aromatic heterocycles. The first-order chi connectivity index (χ1) is 6.07. The molecule has 0 saturated heterocycles. The van der Waals surface area contributed by atoms with Gasteiger partial charge in [-0.05, 0) is 6.42 Å². The smallest absolute Gasteiger partial charge is 0.335 e. The van der Waals surface area contributed by atoms with Gasteiger partial charge in [0.15, 0.2) is 6.10 Å². The standard InChI is InChI=1S/C8H14O5/c1-2-3-4-13-8(12)6(9)5-7(10)11/h6,9H,2-5H2,1H3,(H,10,11)/t6-/m0/s1. The molecule has 0 amide bonds. The third-order valence-electron chi connectivity index (χ3n) is 1.38. The number of carboxylic acids is 1. The highest BCUT2D eigenvalue weighted by molar-refractivity contribution is 5.80. The molecule has 0 aromatic rings. The lowest BCUT2D eigenvalue weighted by atomic mass is 10.2. The van der Waals surface area contributed by atoms with Crippen LogP contribution in [0.3, 0.4) is 0 Å². The maximum Gasteiger partial charge on any atom is 0.335 e. The number of aliphatic carboxylic acids is 1. The lowest BCUT2D eigenvalue weighted by Crippen LogP contribution is -2.26. The Bertz CT molecular complexity index is 177. The second-order valence-corrected chi connectivity index (χ2v) is 2.63. The van der Waals surface area contributed by atoms with Crippen molar-refractivity contribution in [2.75, 3.05) is 6.61 Å². The molecule has 0 saturated carbocycles. The maximum atomic E-state index is 10.8. The molecular formula is C8H14O5. The van der Waals surface area contributed by atoms with Gasteiger partial charge in [0.1, 0.15) is 0 Å². The number of hydrogen-bond donors (Lipinski definition) is 2. The maximum absolute atomic E-state index is 10.8. The minimum atomic E-state index is -1.55. The average molecular weight is 190 g/mol. The first-order valence-corrected chi connectivity index (χ1v) is 4.14. The second-order valence-electron chi connectivity index (χ2n) is 2.63. The summed E-state index contributed by atoms with van der Waals surface area (Å²) in [5, 5.41) is 17.2. The summed E-state index contributed by atoms with van der Waals surface area (Å²) in [6, 6.07) is 0. The Hall–Kier alpha value is -1.10. The van der Waals surface area contributed by atoms with Crippen LogP contribution in [0.1, 0.15) is 26.2 Å². The third kappa shape index (κ3) is 6.10. The van der Waals surface area contributed by atoms with Crippen LogP contribution in [0.2, 0.25) is 0 Å². The molecule has 2 N–H and O–H groups in total. The predicted molar refractivity (Wildman–Crippen MR) is 44.1 cm³/mol. The van der Waals surface area contributed by atoms with E-state index in [1.54, 1.807) is 0 Å². The van der Waals surface area contributed by atoms with Crippen molar-refractivity contribution >= 4 is 11.9 Å². The first-order valence-electron chi connectivity index (χ1n) is 4.14. The lowest BCUT2D eigenvalue weighted by Gasteiger charge is -2.07. The van der Waals surface area contributed by atoms with Crippen molar-refractivity contribution < 1.29 is 24.5 Å². The Kier molecular flexibility index (Phi) is 5.88. The monoisotopic (exact) mass is 190 g/mol. The minimum absolute atomic E-state index is 0.228. The molecule has 0 bridgehead atoms. The number of aliphatic hydroxyl groups is 1. The Morgan fingerprint density at radius 2 is 2.08 bits per heavy atom. The van der Waals surface area contributed by atoms with E-state index in [0.29, 0.717) is 6.42 Å². The van der Waals surface area contributed by atoms with Crippen LogP contribution < -0.4 is 0 Å². The van der Waals surface area contributed by atoms with Crippen LogP contribution >= 0.6 is 0 Å². The molecule has 0 heterocycles.